The highest BCUT2D eigenvalue weighted by Crippen LogP contribution is 2.32. The topological polar surface area (TPSA) is 48.8 Å². The van der Waals surface area contributed by atoms with Crippen molar-refractivity contribution in [1.29, 1.82) is 0 Å². The van der Waals surface area contributed by atoms with E-state index >= 15 is 0 Å². The van der Waals surface area contributed by atoms with Crippen LogP contribution in [-0.4, -0.2) is 6.54 Å². The Labute approximate surface area is 94.0 Å². The van der Waals surface area contributed by atoms with Crippen LogP contribution in [0.1, 0.15) is 11.1 Å². The fourth-order valence-electron chi connectivity index (χ4n) is 1.16. The van der Waals surface area contributed by atoms with Gasteiger partial charge >= 0.3 is 6.18 Å². The summed E-state index contributed by atoms with van der Waals surface area (Å²) < 4.78 is 50.4. The van der Waals surface area contributed by atoms with Crippen molar-refractivity contribution in [2.24, 2.45) is 5.11 Å². The third-order valence-corrected chi connectivity index (χ3v) is 1.88. The van der Waals surface area contributed by atoms with Crippen LogP contribution in [0.25, 0.3) is 16.5 Å². The van der Waals surface area contributed by atoms with Crippen molar-refractivity contribution in [3.05, 3.63) is 51.7 Å². The summed E-state index contributed by atoms with van der Waals surface area (Å²) >= 11 is 0. The summed E-state index contributed by atoms with van der Waals surface area (Å²) in [4.78, 5) is 2.45. The maximum atomic E-state index is 13.4. The highest BCUT2D eigenvalue weighted by molar-refractivity contribution is 5.52. The molecule has 0 amide bonds. The average molecular weight is 245 g/mol. The molecule has 0 aliphatic heterocycles. The Balaban J connectivity index is 3.03. The molecule has 3 nitrogen and oxygen atoms in total. The van der Waals surface area contributed by atoms with E-state index in [-0.39, 0.29) is 12.1 Å². The molecule has 1 rings (SSSR count). The van der Waals surface area contributed by atoms with E-state index in [0.29, 0.717) is 6.07 Å². The van der Waals surface area contributed by atoms with Gasteiger partial charge in [-0.25, -0.2) is 4.39 Å². The summed E-state index contributed by atoms with van der Waals surface area (Å²) in [5.41, 5.74) is 6.45. The van der Waals surface area contributed by atoms with Crippen LogP contribution in [0.15, 0.2) is 29.4 Å². The Kier molecular flexibility index (Phi) is 4.12. The van der Waals surface area contributed by atoms with Gasteiger partial charge in [0.15, 0.2) is 0 Å². The Bertz CT molecular complexity index is 473. The van der Waals surface area contributed by atoms with Crippen molar-refractivity contribution in [3.8, 4) is 0 Å². The number of halogens is 4. The molecule has 0 spiro atoms. The van der Waals surface area contributed by atoms with Crippen LogP contribution in [0.5, 0.6) is 0 Å². The van der Waals surface area contributed by atoms with Gasteiger partial charge in [0.25, 0.3) is 0 Å². The second-order valence-corrected chi connectivity index (χ2v) is 3.02. The fourth-order valence-corrected chi connectivity index (χ4v) is 1.16. The molecule has 0 aromatic heterocycles. The number of alkyl halides is 3. The van der Waals surface area contributed by atoms with Crippen LogP contribution in [0.3, 0.4) is 0 Å². The van der Waals surface area contributed by atoms with E-state index in [1.807, 2.05) is 0 Å². The first-order valence-electron chi connectivity index (χ1n) is 4.50. The molecule has 0 aliphatic rings. The van der Waals surface area contributed by atoms with Crippen LogP contribution < -0.4 is 0 Å². The van der Waals surface area contributed by atoms with Gasteiger partial charge in [0.2, 0.25) is 0 Å². The summed E-state index contributed by atoms with van der Waals surface area (Å²) in [5, 5.41) is 3.14. The highest BCUT2D eigenvalue weighted by Gasteiger charge is 2.34. The van der Waals surface area contributed by atoms with Gasteiger partial charge in [0, 0.05) is 17.0 Å². The fraction of sp³-hybridized carbons (Fsp3) is 0.200. The summed E-state index contributed by atoms with van der Waals surface area (Å²) in [6.45, 7) is -0.0494. The van der Waals surface area contributed by atoms with E-state index in [4.69, 9.17) is 5.53 Å². The Morgan fingerprint density at radius 1 is 1.35 bits per heavy atom. The zero-order valence-corrected chi connectivity index (χ0v) is 8.45. The average Bonchev–Trinajstić information content (AvgIpc) is 2.25. The maximum absolute atomic E-state index is 13.4. The summed E-state index contributed by atoms with van der Waals surface area (Å²) in [7, 11) is 0. The van der Waals surface area contributed by atoms with Crippen molar-refractivity contribution < 1.29 is 17.6 Å². The van der Waals surface area contributed by atoms with Gasteiger partial charge < -0.3 is 0 Å². The molecule has 0 heterocycles. The number of nitrogens with zero attached hydrogens (tertiary/aromatic N) is 3. The van der Waals surface area contributed by atoms with E-state index < -0.39 is 17.6 Å². The van der Waals surface area contributed by atoms with Crippen molar-refractivity contribution in [3.63, 3.8) is 0 Å². The van der Waals surface area contributed by atoms with E-state index in [0.717, 1.165) is 12.1 Å². The number of azide groups is 1. The normalized spacial score (nSPS) is 11.5. The molecular formula is C10H7F4N3. The maximum Gasteiger partial charge on any atom is 0.419 e. The summed E-state index contributed by atoms with van der Waals surface area (Å²) in [5.74, 6) is -1.34. The number of benzene rings is 1. The second-order valence-electron chi connectivity index (χ2n) is 3.02. The molecular weight excluding hydrogens is 238 g/mol. The van der Waals surface area contributed by atoms with Crippen LogP contribution >= 0.6 is 0 Å². The van der Waals surface area contributed by atoms with E-state index in [1.54, 1.807) is 0 Å². The number of hydrogen-bond acceptors (Lipinski definition) is 1. The van der Waals surface area contributed by atoms with Crippen LogP contribution in [-0.2, 0) is 6.18 Å². The van der Waals surface area contributed by atoms with E-state index in [2.05, 4.69) is 10.0 Å². The van der Waals surface area contributed by atoms with Crippen LogP contribution in [0.2, 0.25) is 0 Å². The van der Waals surface area contributed by atoms with Gasteiger partial charge in [-0.1, -0.05) is 29.4 Å². The first kappa shape index (κ1) is 13.1. The molecule has 17 heavy (non-hydrogen) atoms. The predicted octanol–water partition coefficient (Wildman–Crippen LogP) is 4.17. The standard InChI is InChI=1S/C10H7F4N3/c11-9-7(4-2-6-16-17-15)3-1-5-8(9)10(12,13)14/h1-5H,6H2. The molecule has 0 bridgehead atoms. The molecule has 0 saturated heterocycles. The molecule has 1 aromatic rings. The molecule has 90 valence electrons. The first-order chi connectivity index (χ1) is 7.96. The summed E-state index contributed by atoms with van der Waals surface area (Å²) in [6.07, 6.45) is -2.31. The van der Waals surface area contributed by atoms with Gasteiger partial charge in [-0.2, -0.15) is 13.2 Å². The SMILES string of the molecule is [N-]=[N+]=NCC=Cc1cccc(C(F)(F)F)c1F. The predicted molar refractivity (Wildman–Crippen MR) is 54.4 cm³/mol. The van der Waals surface area contributed by atoms with Crippen LogP contribution in [0, 0.1) is 5.82 Å². The Hall–Kier alpha value is -2.01. The largest absolute Gasteiger partial charge is 0.419 e. The lowest BCUT2D eigenvalue weighted by atomic mass is 10.1. The smallest absolute Gasteiger partial charge is 0.206 e. The van der Waals surface area contributed by atoms with E-state index in [9.17, 15) is 17.6 Å². The Morgan fingerprint density at radius 3 is 2.65 bits per heavy atom. The van der Waals surface area contributed by atoms with Crippen molar-refractivity contribution in [2.45, 2.75) is 6.18 Å². The first-order valence-corrected chi connectivity index (χ1v) is 4.50. The Morgan fingerprint density at radius 2 is 2.06 bits per heavy atom. The number of rotatable bonds is 3. The molecule has 0 radical (unpaired) electrons. The quantitative estimate of drug-likeness (QED) is 0.332. The third-order valence-electron chi connectivity index (χ3n) is 1.88. The minimum absolute atomic E-state index is 0.0494. The lowest BCUT2D eigenvalue weighted by Gasteiger charge is -2.08. The molecule has 0 atom stereocenters. The monoisotopic (exact) mass is 245 g/mol. The lowest BCUT2D eigenvalue weighted by Crippen LogP contribution is -2.08. The van der Waals surface area contributed by atoms with E-state index in [1.165, 1.54) is 12.1 Å². The van der Waals surface area contributed by atoms with Gasteiger partial charge in [0.05, 0.1) is 5.56 Å². The molecule has 0 unspecified atom stereocenters. The van der Waals surface area contributed by atoms with Crippen LogP contribution in [0.4, 0.5) is 17.6 Å². The minimum atomic E-state index is -4.72. The highest BCUT2D eigenvalue weighted by atomic mass is 19.4. The minimum Gasteiger partial charge on any atom is -0.206 e. The zero-order valence-electron chi connectivity index (χ0n) is 8.45. The van der Waals surface area contributed by atoms with Crippen molar-refractivity contribution in [2.75, 3.05) is 6.54 Å². The molecule has 0 N–H and O–H groups in total. The van der Waals surface area contributed by atoms with Gasteiger partial charge in [-0.05, 0) is 11.6 Å². The second kappa shape index (κ2) is 5.36. The molecule has 0 saturated carbocycles. The summed E-state index contributed by atoms with van der Waals surface area (Å²) in [6, 6.07) is 2.98. The van der Waals surface area contributed by atoms with Crippen molar-refractivity contribution >= 4 is 6.08 Å². The lowest BCUT2D eigenvalue weighted by molar-refractivity contribution is -0.140. The molecule has 7 heteroatoms. The third kappa shape index (κ3) is 3.49. The van der Waals surface area contributed by atoms with Crippen molar-refractivity contribution in [1.82, 2.24) is 0 Å². The molecule has 1 aromatic carbocycles. The zero-order chi connectivity index (χ0) is 12.9. The molecule has 0 fully saturated rings. The van der Waals surface area contributed by atoms with Gasteiger partial charge in [-0.3, -0.25) is 0 Å². The van der Waals surface area contributed by atoms with Gasteiger partial charge in [-0.15, -0.1) is 0 Å². The molecule has 0 aliphatic carbocycles. The van der Waals surface area contributed by atoms with Gasteiger partial charge in [0.1, 0.15) is 5.82 Å². The number of hydrogen-bond donors (Lipinski definition) is 0.